The van der Waals surface area contributed by atoms with E-state index in [4.69, 9.17) is 4.74 Å². The van der Waals surface area contributed by atoms with E-state index in [9.17, 15) is 9.50 Å². The van der Waals surface area contributed by atoms with Crippen molar-refractivity contribution in [2.75, 3.05) is 13.2 Å². The zero-order valence-electron chi connectivity index (χ0n) is 9.72. The first-order valence-electron chi connectivity index (χ1n) is 5.60. The van der Waals surface area contributed by atoms with E-state index in [1.165, 1.54) is 6.07 Å². The van der Waals surface area contributed by atoms with Crippen LogP contribution in [-0.4, -0.2) is 18.3 Å². The summed E-state index contributed by atoms with van der Waals surface area (Å²) in [7, 11) is 0. The van der Waals surface area contributed by atoms with Gasteiger partial charge in [0.1, 0.15) is 11.4 Å². The van der Waals surface area contributed by atoms with Gasteiger partial charge in [-0.05, 0) is 43.9 Å². The van der Waals surface area contributed by atoms with Crippen molar-refractivity contribution in [1.82, 2.24) is 0 Å². The van der Waals surface area contributed by atoms with Crippen LogP contribution in [0.15, 0.2) is 12.1 Å². The van der Waals surface area contributed by atoms with Crippen LogP contribution < -0.4 is 0 Å². The zero-order valence-corrected chi connectivity index (χ0v) is 9.72. The quantitative estimate of drug-likeness (QED) is 0.794. The minimum atomic E-state index is -1.15. The van der Waals surface area contributed by atoms with Crippen LogP contribution in [0.4, 0.5) is 4.39 Å². The first kappa shape index (κ1) is 11.6. The number of aliphatic hydroxyl groups is 1. The van der Waals surface area contributed by atoms with Crippen molar-refractivity contribution in [1.29, 1.82) is 0 Å². The Labute approximate surface area is 95.1 Å². The molecule has 1 atom stereocenters. The van der Waals surface area contributed by atoms with Gasteiger partial charge in [0.15, 0.2) is 0 Å². The molecule has 1 aromatic carbocycles. The Balaban J connectivity index is 2.46. The molecule has 88 valence electrons. The van der Waals surface area contributed by atoms with Gasteiger partial charge < -0.3 is 9.84 Å². The molecule has 1 N–H and O–H groups in total. The highest BCUT2D eigenvalue weighted by Gasteiger charge is 2.35. The van der Waals surface area contributed by atoms with Crippen molar-refractivity contribution >= 4 is 0 Å². The van der Waals surface area contributed by atoms with Crippen molar-refractivity contribution in [3.8, 4) is 0 Å². The highest BCUT2D eigenvalue weighted by molar-refractivity contribution is 5.36. The van der Waals surface area contributed by atoms with Gasteiger partial charge in [-0.1, -0.05) is 6.07 Å². The zero-order chi connectivity index (χ0) is 11.8. The van der Waals surface area contributed by atoms with Crippen LogP contribution in [0.1, 0.15) is 29.5 Å². The maximum Gasteiger partial charge on any atom is 0.129 e. The highest BCUT2D eigenvalue weighted by atomic mass is 19.1. The molecule has 0 aliphatic carbocycles. The van der Waals surface area contributed by atoms with Crippen molar-refractivity contribution in [3.05, 3.63) is 34.6 Å². The van der Waals surface area contributed by atoms with Gasteiger partial charge in [0, 0.05) is 12.2 Å². The van der Waals surface area contributed by atoms with Crippen LogP contribution in [-0.2, 0) is 10.3 Å². The Morgan fingerprint density at radius 1 is 1.38 bits per heavy atom. The predicted molar refractivity (Wildman–Crippen MR) is 59.8 cm³/mol. The monoisotopic (exact) mass is 224 g/mol. The van der Waals surface area contributed by atoms with Crippen LogP contribution in [0.5, 0.6) is 0 Å². The summed E-state index contributed by atoms with van der Waals surface area (Å²) in [5.41, 5.74) is 0.919. The number of halogens is 1. The average molecular weight is 224 g/mol. The normalized spacial score (nSPS) is 25.8. The molecule has 2 rings (SSSR count). The van der Waals surface area contributed by atoms with E-state index in [0.29, 0.717) is 18.6 Å². The third kappa shape index (κ3) is 1.97. The van der Waals surface area contributed by atoms with Crippen LogP contribution in [0.2, 0.25) is 0 Å². The second kappa shape index (κ2) is 4.15. The second-order valence-corrected chi connectivity index (χ2v) is 4.63. The summed E-state index contributed by atoms with van der Waals surface area (Å²) < 4.78 is 19.2. The van der Waals surface area contributed by atoms with E-state index >= 15 is 0 Å². The fraction of sp³-hybridized carbons (Fsp3) is 0.538. The number of aryl methyl sites for hydroxylation is 2. The van der Waals surface area contributed by atoms with Gasteiger partial charge in [0.05, 0.1) is 6.61 Å². The minimum absolute atomic E-state index is 0.188. The van der Waals surface area contributed by atoms with Crippen molar-refractivity contribution < 1.29 is 14.2 Å². The summed E-state index contributed by atoms with van der Waals surface area (Å²) in [6.07, 6.45) is 1.33. The Morgan fingerprint density at radius 3 is 2.69 bits per heavy atom. The smallest absolute Gasteiger partial charge is 0.129 e. The van der Waals surface area contributed by atoms with E-state index in [1.807, 2.05) is 19.9 Å². The molecular formula is C13H17FO2. The molecule has 1 unspecified atom stereocenters. The van der Waals surface area contributed by atoms with Crippen molar-refractivity contribution in [2.24, 2.45) is 0 Å². The Kier molecular flexibility index (Phi) is 3.00. The largest absolute Gasteiger partial charge is 0.383 e. The average Bonchev–Trinajstić information content (AvgIpc) is 2.16. The summed E-state index contributed by atoms with van der Waals surface area (Å²) in [4.78, 5) is 0. The third-order valence-electron chi connectivity index (χ3n) is 3.12. The molecule has 0 aromatic heterocycles. The molecule has 1 aliphatic heterocycles. The summed E-state index contributed by atoms with van der Waals surface area (Å²) in [5.74, 6) is -0.328. The van der Waals surface area contributed by atoms with Crippen molar-refractivity contribution in [3.63, 3.8) is 0 Å². The summed E-state index contributed by atoms with van der Waals surface area (Å²) >= 11 is 0. The van der Waals surface area contributed by atoms with E-state index in [-0.39, 0.29) is 12.4 Å². The van der Waals surface area contributed by atoms with Gasteiger partial charge in [0.2, 0.25) is 0 Å². The van der Waals surface area contributed by atoms with Gasteiger partial charge in [-0.2, -0.15) is 0 Å². The Hall–Kier alpha value is -0.930. The molecule has 3 heteroatoms. The maximum atomic E-state index is 13.9. The van der Waals surface area contributed by atoms with E-state index in [2.05, 4.69) is 0 Å². The van der Waals surface area contributed by atoms with E-state index < -0.39 is 5.60 Å². The number of ether oxygens (including phenoxy) is 1. The molecule has 1 aliphatic rings. The summed E-state index contributed by atoms with van der Waals surface area (Å²) in [5, 5.41) is 10.4. The third-order valence-corrected chi connectivity index (χ3v) is 3.12. The molecule has 0 radical (unpaired) electrons. The maximum absolute atomic E-state index is 13.9. The van der Waals surface area contributed by atoms with E-state index in [1.54, 1.807) is 0 Å². The van der Waals surface area contributed by atoms with Gasteiger partial charge in [-0.3, -0.25) is 0 Å². The number of benzene rings is 1. The molecule has 0 spiro atoms. The molecule has 1 fully saturated rings. The van der Waals surface area contributed by atoms with Gasteiger partial charge in [-0.15, -0.1) is 0 Å². The number of rotatable bonds is 1. The lowest BCUT2D eigenvalue weighted by Gasteiger charge is -2.33. The van der Waals surface area contributed by atoms with Gasteiger partial charge in [-0.25, -0.2) is 4.39 Å². The molecule has 0 amide bonds. The lowest BCUT2D eigenvalue weighted by Crippen LogP contribution is -2.37. The minimum Gasteiger partial charge on any atom is -0.383 e. The molecular weight excluding hydrogens is 207 g/mol. The topological polar surface area (TPSA) is 29.5 Å². The standard InChI is InChI=1S/C13H17FO2/c1-9-6-10(2)12(11(14)7-9)13(15)4-3-5-16-8-13/h6-7,15H,3-5,8H2,1-2H3. The fourth-order valence-corrected chi connectivity index (χ4v) is 2.48. The fourth-order valence-electron chi connectivity index (χ4n) is 2.48. The molecule has 1 aromatic rings. The summed E-state index contributed by atoms with van der Waals surface area (Å²) in [6, 6.07) is 3.36. The molecule has 1 saturated heterocycles. The van der Waals surface area contributed by atoms with E-state index in [0.717, 1.165) is 17.5 Å². The Morgan fingerprint density at radius 2 is 2.12 bits per heavy atom. The van der Waals surface area contributed by atoms with Crippen LogP contribution in [0.3, 0.4) is 0 Å². The molecule has 0 bridgehead atoms. The number of hydrogen-bond acceptors (Lipinski definition) is 2. The van der Waals surface area contributed by atoms with Gasteiger partial charge >= 0.3 is 0 Å². The first-order chi connectivity index (χ1) is 7.53. The SMILES string of the molecule is Cc1cc(C)c(C2(O)CCCOC2)c(F)c1. The van der Waals surface area contributed by atoms with Crippen molar-refractivity contribution in [2.45, 2.75) is 32.3 Å². The van der Waals surface area contributed by atoms with Crippen LogP contribution in [0.25, 0.3) is 0 Å². The lowest BCUT2D eigenvalue weighted by atomic mass is 9.85. The highest BCUT2D eigenvalue weighted by Crippen LogP contribution is 2.34. The second-order valence-electron chi connectivity index (χ2n) is 4.63. The molecule has 0 saturated carbocycles. The molecule has 1 heterocycles. The summed E-state index contributed by atoms with van der Waals surface area (Å²) in [6.45, 7) is 4.52. The number of hydrogen-bond donors (Lipinski definition) is 1. The van der Waals surface area contributed by atoms with Gasteiger partial charge in [0.25, 0.3) is 0 Å². The molecule has 2 nitrogen and oxygen atoms in total. The van der Waals surface area contributed by atoms with Crippen LogP contribution >= 0.6 is 0 Å². The lowest BCUT2D eigenvalue weighted by molar-refractivity contribution is -0.0924. The van der Waals surface area contributed by atoms with Crippen LogP contribution in [0, 0.1) is 19.7 Å². The first-order valence-corrected chi connectivity index (χ1v) is 5.60. The Bertz CT molecular complexity index is 372. The predicted octanol–water partition coefficient (Wildman–Crippen LogP) is 2.44. The molecule has 16 heavy (non-hydrogen) atoms.